The quantitative estimate of drug-likeness (QED) is 0.528. The highest BCUT2D eigenvalue weighted by molar-refractivity contribution is 9.09. The van der Waals surface area contributed by atoms with Crippen molar-refractivity contribution in [1.82, 2.24) is 0 Å². The standard InChI is InChI=1S/C8H15BrO2/c1-3-4-7(2)6-11-8(10)5-9/h7H,3-6H2,1-2H3. The molecule has 0 aliphatic carbocycles. The number of hydrogen-bond donors (Lipinski definition) is 0. The van der Waals surface area contributed by atoms with Gasteiger partial charge in [-0.15, -0.1) is 0 Å². The van der Waals surface area contributed by atoms with Crippen molar-refractivity contribution in [2.75, 3.05) is 11.9 Å². The molecule has 2 nitrogen and oxygen atoms in total. The number of halogens is 1. The van der Waals surface area contributed by atoms with E-state index in [4.69, 9.17) is 4.74 Å². The molecule has 0 heterocycles. The number of rotatable bonds is 5. The fourth-order valence-electron chi connectivity index (χ4n) is 0.850. The highest BCUT2D eigenvalue weighted by Crippen LogP contribution is 2.05. The number of hydrogen-bond acceptors (Lipinski definition) is 2. The highest BCUT2D eigenvalue weighted by Gasteiger charge is 2.04. The molecule has 0 aliphatic rings. The smallest absolute Gasteiger partial charge is 0.316 e. The predicted octanol–water partition coefficient (Wildman–Crippen LogP) is 2.36. The third-order valence-electron chi connectivity index (χ3n) is 1.42. The molecule has 0 fully saturated rings. The average molecular weight is 223 g/mol. The van der Waals surface area contributed by atoms with E-state index >= 15 is 0 Å². The van der Waals surface area contributed by atoms with Crippen LogP contribution in [0.5, 0.6) is 0 Å². The Morgan fingerprint density at radius 1 is 1.64 bits per heavy atom. The molecule has 1 unspecified atom stereocenters. The van der Waals surface area contributed by atoms with Gasteiger partial charge in [0.2, 0.25) is 0 Å². The molecule has 0 bridgehead atoms. The van der Waals surface area contributed by atoms with Gasteiger partial charge in [-0.1, -0.05) is 36.2 Å². The van der Waals surface area contributed by atoms with E-state index in [1.807, 2.05) is 0 Å². The summed E-state index contributed by atoms with van der Waals surface area (Å²) in [7, 11) is 0. The van der Waals surface area contributed by atoms with Crippen LogP contribution >= 0.6 is 15.9 Å². The lowest BCUT2D eigenvalue weighted by molar-refractivity contribution is -0.141. The van der Waals surface area contributed by atoms with E-state index in [1.165, 1.54) is 0 Å². The third-order valence-corrected chi connectivity index (χ3v) is 1.88. The monoisotopic (exact) mass is 222 g/mol. The molecule has 0 N–H and O–H groups in total. The minimum Gasteiger partial charge on any atom is -0.465 e. The van der Waals surface area contributed by atoms with E-state index in [0.717, 1.165) is 12.8 Å². The molecule has 0 aromatic carbocycles. The number of esters is 1. The summed E-state index contributed by atoms with van der Waals surface area (Å²) in [6.45, 7) is 4.77. The topological polar surface area (TPSA) is 26.3 Å². The first-order valence-electron chi connectivity index (χ1n) is 3.92. The second-order valence-corrected chi connectivity index (χ2v) is 3.27. The van der Waals surface area contributed by atoms with Gasteiger partial charge < -0.3 is 4.74 Å². The Hall–Kier alpha value is -0.0500. The number of ether oxygens (including phenoxy) is 1. The van der Waals surface area contributed by atoms with Crippen LogP contribution in [0.25, 0.3) is 0 Å². The van der Waals surface area contributed by atoms with Crippen LogP contribution in [0, 0.1) is 5.92 Å². The molecular formula is C8H15BrO2. The van der Waals surface area contributed by atoms with Crippen molar-refractivity contribution in [3.63, 3.8) is 0 Å². The lowest BCUT2D eigenvalue weighted by Gasteiger charge is -2.09. The molecular weight excluding hydrogens is 208 g/mol. The van der Waals surface area contributed by atoms with Crippen molar-refractivity contribution in [2.24, 2.45) is 5.92 Å². The van der Waals surface area contributed by atoms with Crippen LogP contribution in [0.3, 0.4) is 0 Å². The normalized spacial score (nSPS) is 12.6. The molecule has 0 spiro atoms. The molecule has 0 aliphatic heterocycles. The largest absolute Gasteiger partial charge is 0.465 e. The first-order chi connectivity index (χ1) is 5.20. The second kappa shape index (κ2) is 6.65. The van der Waals surface area contributed by atoms with Crippen molar-refractivity contribution < 1.29 is 9.53 Å². The maximum absolute atomic E-state index is 10.7. The summed E-state index contributed by atoms with van der Waals surface area (Å²) in [5.41, 5.74) is 0. The minimum atomic E-state index is -0.173. The average Bonchev–Trinajstić information content (AvgIpc) is 2.01. The van der Waals surface area contributed by atoms with Gasteiger partial charge in [-0.3, -0.25) is 4.79 Å². The van der Waals surface area contributed by atoms with E-state index < -0.39 is 0 Å². The summed E-state index contributed by atoms with van der Waals surface area (Å²) >= 11 is 3.03. The zero-order valence-electron chi connectivity index (χ0n) is 7.10. The Bertz CT molecular complexity index is 115. The summed E-state index contributed by atoms with van der Waals surface area (Å²) in [5, 5.41) is 0.297. The zero-order valence-corrected chi connectivity index (χ0v) is 8.69. The molecule has 0 radical (unpaired) electrons. The van der Waals surface area contributed by atoms with Crippen LogP contribution in [0.15, 0.2) is 0 Å². The van der Waals surface area contributed by atoms with Gasteiger partial charge in [0.05, 0.1) is 6.61 Å². The maximum atomic E-state index is 10.7. The van der Waals surface area contributed by atoms with E-state index in [2.05, 4.69) is 29.8 Å². The first kappa shape index (κ1) is 11.0. The van der Waals surface area contributed by atoms with Crippen LogP contribution in [-0.4, -0.2) is 17.9 Å². The third kappa shape index (κ3) is 6.35. The van der Waals surface area contributed by atoms with Crippen LogP contribution in [-0.2, 0) is 9.53 Å². The Balaban J connectivity index is 3.29. The van der Waals surface area contributed by atoms with E-state index in [-0.39, 0.29) is 5.97 Å². The van der Waals surface area contributed by atoms with Crippen molar-refractivity contribution in [2.45, 2.75) is 26.7 Å². The van der Waals surface area contributed by atoms with Crippen LogP contribution < -0.4 is 0 Å². The molecule has 0 aromatic heterocycles. The van der Waals surface area contributed by atoms with Gasteiger partial charge in [0, 0.05) is 0 Å². The highest BCUT2D eigenvalue weighted by atomic mass is 79.9. The number of carbonyl (C=O) groups excluding carboxylic acids is 1. The van der Waals surface area contributed by atoms with Crippen molar-refractivity contribution >= 4 is 21.9 Å². The van der Waals surface area contributed by atoms with Crippen molar-refractivity contribution in [1.29, 1.82) is 0 Å². The fraction of sp³-hybridized carbons (Fsp3) is 0.875. The van der Waals surface area contributed by atoms with E-state index in [0.29, 0.717) is 17.9 Å². The number of carbonyl (C=O) groups is 1. The van der Waals surface area contributed by atoms with Gasteiger partial charge in [-0.05, 0) is 12.3 Å². The minimum absolute atomic E-state index is 0.173. The Morgan fingerprint density at radius 3 is 2.73 bits per heavy atom. The lowest BCUT2D eigenvalue weighted by Crippen LogP contribution is -2.12. The SMILES string of the molecule is CCCC(C)COC(=O)CBr. The van der Waals surface area contributed by atoms with E-state index in [9.17, 15) is 4.79 Å². The first-order valence-corrected chi connectivity index (χ1v) is 5.04. The van der Waals surface area contributed by atoms with E-state index in [1.54, 1.807) is 0 Å². The van der Waals surface area contributed by atoms with Gasteiger partial charge in [0.15, 0.2) is 0 Å². The van der Waals surface area contributed by atoms with Crippen LogP contribution in [0.1, 0.15) is 26.7 Å². The van der Waals surface area contributed by atoms with Gasteiger partial charge in [-0.25, -0.2) is 0 Å². The molecule has 0 saturated carbocycles. The molecule has 66 valence electrons. The lowest BCUT2D eigenvalue weighted by atomic mass is 10.1. The van der Waals surface area contributed by atoms with Crippen molar-refractivity contribution in [3.05, 3.63) is 0 Å². The summed E-state index contributed by atoms with van der Waals surface area (Å²) in [5.74, 6) is 0.316. The zero-order chi connectivity index (χ0) is 8.69. The van der Waals surface area contributed by atoms with Gasteiger partial charge in [-0.2, -0.15) is 0 Å². The summed E-state index contributed by atoms with van der Waals surface area (Å²) < 4.78 is 4.92. The van der Waals surface area contributed by atoms with Gasteiger partial charge >= 0.3 is 5.97 Å². The molecule has 0 aromatic rings. The van der Waals surface area contributed by atoms with Gasteiger partial charge in [0.25, 0.3) is 0 Å². The molecule has 0 amide bonds. The Morgan fingerprint density at radius 2 is 2.27 bits per heavy atom. The molecule has 3 heteroatoms. The second-order valence-electron chi connectivity index (χ2n) is 2.71. The number of alkyl halides is 1. The molecule has 0 rings (SSSR count). The fourth-order valence-corrected chi connectivity index (χ4v) is 1.01. The summed E-state index contributed by atoms with van der Waals surface area (Å²) in [6, 6.07) is 0. The molecule has 0 saturated heterocycles. The van der Waals surface area contributed by atoms with Crippen molar-refractivity contribution in [3.8, 4) is 0 Å². The van der Waals surface area contributed by atoms with Gasteiger partial charge in [0.1, 0.15) is 5.33 Å². The van der Waals surface area contributed by atoms with Crippen LogP contribution in [0.4, 0.5) is 0 Å². The Labute approximate surface area is 76.4 Å². The molecule has 11 heavy (non-hydrogen) atoms. The summed E-state index contributed by atoms with van der Waals surface area (Å²) in [6.07, 6.45) is 2.27. The Kier molecular flexibility index (Phi) is 6.62. The van der Waals surface area contributed by atoms with Crippen LogP contribution in [0.2, 0.25) is 0 Å². The predicted molar refractivity (Wildman–Crippen MR) is 48.8 cm³/mol. The summed E-state index contributed by atoms with van der Waals surface area (Å²) in [4.78, 5) is 10.7. The molecule has 1 atom stereocenters. The maximum Gasteiger partial charge on any atom is 0.316 e.